The molecule has 1 aromatic rings. The van der Waals surface area contributed by atoms with Gasteiger partial charge >= 0.3 is 5.97 Å². The van der Waals surface area contributed by atoms with E-state index in [0.29, 0.717) is 6.61 Å². The average Bonchev–Trinajstić information content (AvgIpc) is 2.39. The van der Waals surface area contributed by atoms with Gasteiger partial charge in [0.15, 0.2) is 0 Å². The highest BCUT2D eigenvalue weighted by atomic mass is 79.9. The molecule has 0 radical (unpaired) electrons. The highest BCUT2D eigenvalue weighted by Crippen LogP contribution is 2.20. The molecule has 1 saturated heterocycles. The van der Waals surface area contributed by atoms with Crippen LogP contribution in [0.1, 0.15) is 25.3 Å². The average molecular weight is 327 g/mol. The number of likely N-dealkylation sites (tertiary alicyclic amines) is 1. The number of hydrogen-bond donors (Lipinski definition) is 0. The highest BCUT2D eigenvalue weighted by Gasteiger charge is 2.26. The fraction of sp³-hybridized carbons (Fsp3) is 0.571. The van der Waals surface area contributed by atoms with Crippen molar-refractivity contribution < 1.29 is 9.53 Å². The van der Waals surface area contributed by atoms with Gasteiger partial charge in [0.1, 0.15) is 0 Å². The monoisotopic (exact) mass is 326 g/mol. The first-order valence-corrected chi connectivity index (χ1v) is 7.46. The lowest BCUT2D eigenvalue weighted by atomic mass is 9.98. The third-order valence-corrected chi connectivity index (χ3v) is 3.73. The number of carbonyl (C=O) groups excluding carboxylic acids is 1. The number of hydrogen-bond acceptors (Lipinski definition) is 4. The van der Waals surface area contributed by atoms with Crippen molar-refractivity contribution in [2.45, 2.75) is 26.3 Å². The van der Waals surface area contributed by atoms with Crippen LogP contribution in [0.3, 0.4) is 0 Å². The lowest BCUT2D eigenvalue weighted by Gasteiger charge is -2.31. The molecule has 0 saturated carbocycles. The normalized spacial score (nSPS) is 20.2. The lowest BCUT2D eigenvalue weighted by molar-refractivity contribution is -0.150. The number of rotatable bonds is 4. The first-order chi connectivity index (χ1) is 9.19. The Bertz CT molecular complexity index is 439. The molecule has 0 aromatic carbocycles. The van der Waals surface area contributed by atoms with Crippen LogP contribution in [0.15, 0.2) is 22.9 Å². The minimum atomic E-state index is -0.0560. The van der Waals surface area contributed by atoms with Crippen LogP contribution in [0.5, 0.6) is 0 Å². The number of nitrogens with zero attached hydrogens (tertiary/aromatic N) is 2. The molecule has 19 heavy (non-hydrogen) atoms. The van der Waals surface area contributed by atoms with E-state index in [0.717, 1.165) is 36.9 Å². The topological polar surface area (TPSA) is 42.4 Å². The van der Waals surface area contributed by atoms with Crippen LogP contribution in [-0.4, -0.2) is 35.5 Å². The fourth-order valence-electron chi connectivity index (χ4n) is 2.45. The van der Waals surface area contributed by atoms with Crippen LogP contribution >= 0.6 is 15.9 Å². The van der Waals surface area contributed by atoms with Crippen LogP contribution in [-0.2, 0) is 16.1 Å². The Morgan fingerprint density at radius 1 is 1.58 bits per heavy atom. The van der Waals surface area contributed by atoms with E-state index in [-0.39, 0.29) is 11.9 Å². The second kappa shape index (κ2) is 7.01. The van der Waals surface area contributed by atoms with E-state index in [1.807, 2.05) is 13.1 Å². The summed E-state index contributed by atoms with van der Waals surface area (Å²) in [6.45, 7) is 4.96. The number of carbonyl (C=O) groups is 1. The molecule has 0 amide bonds. The zero-order valence-corrected chi connectivity index (χ0v) is 12.7. The summed E-state index contributed by atoms with van der Waals surface area (Å²) in [5.74, 6) is -0.0339. The maximum atomic E-state index is 11.8. The number of esters is 1. The Morgan fingerprint density at radius 3 is 3.16 bits per heavy atom. The molecular weight excluding hydrogens is 308 g/mol. The summed E-state index contributed by atoms with van der Waals surface area (Å²) in [5, 5.41) is 0. The maximum absolute atomic E-state index is 11.8. The van der Waals surface area contributed by atoms with Crippen LogP contribution in [0.25, 0.3) is 0 Å². The zero-order chi connectivity index (χ0) is 13.7. The molecule has 2 heterocycles. The smallest absolute Gasteiger partial charge is 0.310 e. The van der Waals surface area contributed by atoms with E-state index in [1.165, 1.54) is 5.56 Å². The molecule has 4 nitrogen and oxygen atoms in total. The van der Waals surface area contributed by atoms with E-state index < -0.39 is 0 Å². The minimum absolute atomic E-state index is 0.0220. The Hall–Kier alpha value is -0.940. The quantitative estimate of drug-likeness (QED) is 0.798. The van der Waals surface area contributed by atoms with Gasteiger partial charge in [-0.2, -0.15) is 0 Å². The van der Waals surface area contributed by atoms with Crippen molar-refractivity contribution in [3.8, 4) is 0 Å². The number of pyridine rings is 1. The van der Waals surface area contributed by atoms with Crippen LogP contribution in [0.4, 0.5) is 0 Å². The van der Waals surface area contributed by atoms with E-state index in [9.17, 15) is 4.79 Å². The maximum Gasteiger partial charge on any atom is 0.310 e. The van der Waals surface area contributed by atoms with Crippen LogP contribution < -0.4 is 0 Å². The summed E-state index contributed by atoms with van der Waals surface area (Å²) < 4.78 is 6.10. The minimum Gasteiger partial charge on any atom is -0.466 e. The predicted molar refractivity (Wildman–Crippen MR) is 76.6 cm³/mol. The third-order valence-electron chi connectivity index (χ3n) is 3.29. The first kappa shape index (κ1) is 14.5. The molecule has 0 spiro atoms. The molecule has 0 aliphatic carbocycles. The molecule has 0 unspecified atom stereocenters. The second-order valence-corrected chi connectivity index (χ2v) is 5.75. The number of ether oxygens (including phenoxy) is 1. The number of aromatic nitrogens is 1. The first-order valence-electron chi connectivity index (χ1n) is 6.67. The van der Waals surface area contributed by atoms with Crippen LogP contribution in [0, 0.1) is 5.92 Å². The van der Waals surface area contributed by atoms with Gasteiger partial charge in [-0.3, -0.25) is 14.7 Å². The zero-order valence-electron chi connectivity index (χ0n) is 11.1. The van der Waals surface area contributed by atoms with Gasteiger partial charge in [0.2, 0.25) is 0 Å². The summed E-state index contributed by atoms with van der Waals surface area (Å²) >= 11 is 3.43. The molecular formula is C14H19BrN2O2. The van der Waals surface area contributed by atoms with Crippen molar-refractivity contribution in [2.75, 3.05) is 19.7 Å². The summed E-state index contributed by atoms with van der Waals surface area (Å²) in [7, 11) is 0. The van der Waals surface area contributed by atoms with Crippen molar-refractivity contribution in [1.82, 2.24) is 9.88 Å². The summed E-state index contributed by atoms with van der Waals surface area (Å²) in [5.41, 5.74) is 1.17. The Balaban J connectivity index is 1.92. The molecule has 0 bridgehead atoms. The van der Waals surface area contributed by atoms with Gasteiger partial charge in [-0.05, 0) is 53.9 Å². The Labute approximate surface area is 122 Å². The highest BCUT2D eigenvalue weighted by molar-refractivity contribution is 9.10. The largest absolute Gasteiger partial charge is 0.466 e. The van der Waals surface area contributed by atoms with Gasteiger partial charge in [0.05, 0.1) is 12.5 Å². The van der Waals surface area contributed by atoms with Crippen LogP contribution in [0.2, 0.25) is 0 Å². The van der Waals surface area contributed by atoms with E-state index in [2.05, 4.69) is 31.9 Å². The second-order valence-electron chi connectivity index (χ2n) is 4.84. The molecule has 1 fully saturated rings. The molecule has 1 aliphatic rings. The summed E-state index contributed by atoms with van der Waals surface area (Å²) in [6, 6.07) is 2.07. The molecule has 1 aromatic heterocycles. The van der Waals surface area contributed by atoms with Gasteiger partial charge < -0.3 is 4.74 Å². The van der Waals surface area contributed by atoms with Gasteiger partial charge in [0.25, 0.3) is 0 Å². The summed E-state index contributed by atoms with van der Waals surface area (Å²) in [4.78, 5) is 18.2. The summed E-state index contributed by atoms with van der Waals surface area (Å²) in [6.07, 6.45) is 5.64. The van der Waals surface area contributed by atoms with Crippen molar-refractivity contribution >= 4 is 21.9 Å². The predicted octanol–water partition coefficient (Wildman–Crippen LogP) is 2.62. The molecule has 104 valence electrons. The van der Waals surface area contributed by atoms with Gasteiger partial charge in [-0.25, -0.2) is 0 Å². The SMILES string of the molecule is CCOC(=O)[C@H]1CCCN(Cc2cncc(Br)c2)C1. The van der Waals surface area contributed by atoms with E-state index in [1.54, 1.807) is 6.20 Å². The standard InChI is InChI=1S/C14H19BrN2O2/c1-2-19-14(18)12-4-3-5-17(10-12)9-11-6-13(15)8-16-7-11/h6-8,12H,2-5,9-10H2,1H3/t12-/m0/s1. The van der Waals surface area contributed by atoms with Crippen molar-refractivity contribution in [1.29, 1.82) is 0 Å². The fourth-order valence-corrected chi connectivity index (χ4v) is 2.86. The molecule has 2 rings (SSSR count). The Kier molecular flexibility index (Phi) is 5.34. The van der Waals surface area contributed by atoms with Gasteiger partial charge in [-0.15, -0.1) is 0 Å². The molecule has 1 aliphatic heterocycles. The van der Waals surface area contributed by atoms with Crippen molar-refractivity contribution in [2.24, 2.45) is 5.92 Å². The van der Waals surface area contributed by atoms with Gasteiger partial charge in [0, 0.05) is 30.0 Å². The molecule has 5 heteroatoms. The van der Waals surface area contributed by atoms with E-state index in [4.69, 9.17) is 4.74 Å². The number of halogens is 1. The van der Waals surface area contributed by atoms with E-state index >= 15 is 0 Å². The molecule has 1 atom stereocenters. The molecule has 0 N–H and O–H groups in total. The Morgan fingerprint density at radius 2 is 2.42 bits per heavy atom. The van der Waals surface area contributed by atoms with Crippen molar-refractivity contribution in [3.05, 3.63) is 28.5 Å². The third kappa shape index (κ3) is 4.28. The number of piperidine rings is 1. The lowest BCUT2D eigenvalue weighted by Crippen LogP contribution is -2.38. The van der Waals surface area contributed by atoms with Crippen molar-refractivity contribution in [3.63, 3.8) is 0 Å². The van der Waals surface area contributed by atoms with Gasteiger partial charge in [-0.1, -0.05) is 0 Å².